The van der Waals surface area contributed by atoms with Gasteiger partial charge in [0.05, 0.1) is 11.1 Å². The Bertz CT molecular complexity index is 725. The average Bonchev–Trinajstić information content (AvgIpc) is 2.76. The van der Waals surface area contributed by atoms with Gasteiger partial charge in [0.25, 0.3) is 11.8 Å². The van der Waals surface area contributed by atoms with Gasteiger partial charge in [-0.25, -0.2) is 0 Å². The highest BCUT2D eigenvalue weighted by atomic mass is 16.3. The average molecular weight is 282 g/mol. The third kappa shape index (κ3) is 2.58. The van der Waals surface area contributed by atoms with Crippen LogP contribution in [-0.4, -0.2) is 23.5 Å². The molecular formula is C16H14N2O3. The topological polar surface area (TPSA) is 78.4 Å². The molecule has 2 aromatic carbocycles. The monoisotopic (exact) mass is 282 g/mol. The zero-order chi connectivity index (χ0) is 14.8. The van der Waals surface area contributed by atoms with Crippen molar-refractivity contribution in [1.82, 2.24) is 5.32 Å². The van der Waals surface area contributed by atoms with E-state index in [1.165, 1.54) is 0 Å². The number of para-hydroxylation sites is 1. The summed E-state index contributed by atoms with van der Waals surface area (Å²) in [5.41, 5.74) is 2.44. The van der Waals surface area contributed by atoms with Crippen LogP contribution in [0.4, 0.5) is 5.69 Å². The van der Waals surface area contributed by atoms with Crippen molar-refractivity contribution >= 4 is 17.5 Å². The molecule has 1 aliphatic rings. The van der Waals surface area contributed by atoms with E-state index in [1.54, 1.807) is 30.3 Å². The predicted molar refractivity (Wildman–Crippen MR) is 78.5 cm³/mol. The van der Waals surface area contributed by atoms with Gasteiger partial charge in [-0.3, -0.25) is 14.9 Å². The Morgan fingerprint density at radius 1 is 1.00 bits per heavy atom. The second kappa shape index (κ2) is 5.28. The second-order valence-electron chi connectivity index (χ2n) is 4.85. The van der Waals surface area contributed by atoms with Crippen molar-refractivity contribution in [3.63, 3.8) is 0 Å². The number of hydrogen-bond donors (Lipinski definition) is 3. The quantitative estimate of drug-likeness (QED) is 0.749. The first-order valence-electron chi connectivity index (χ1n) is 6.65. The molecule has 1 heterocycles. The number of amides is 2. The Morgan fingerprint density at radius 2 is 1.76 bits per heavy atom. The van der Waals surface area contributed by atoms with Gasteiger partial charge in [0.2, 0.25) is 0 Å². The molecule has 1 aliphatic heterocycles. The van der Waals surface area contributed by atoms with Crippen LogP contribution in [0.15, 0.2) is 42.5 Å². The van der Waals surface area contributed by atoms with E-state index >= 15 is 0 Å². The van der Waals surface area contributed by atoms with Crippen LogP contribution in [0, 0.1) is 0 Å². The number of imide groups is 1. The van der Waals surface area contributed by atoms with Gasteiger partial charge in [-0.05, 0) is 36.2 Å². The van der Waals surface area contributed by atoms with Crippen LogP contribution >= 0.6 is 0 Å². The first-order valence-corrected chi connectivity index (χ1v) is 6.65. The van der Waals surface area contributed by atoms with Crippen LogP contribution in [-0.2, 0) is 6.42 Å². The van der Waals surface area contributed by atoms with E-state index in [2.05, 4.69) is 10.6 Å². The fraction of sp³-hybridized carbons (Fsp3) is 0.125. The van der Waals surface area contributed by atoms with Gasteiger partial charge in [0.1, 0.15) is 5.75 Å². The maximum Gasteiger partial charge on any atom is 0.259 e. The van der Waals surface area contributed by atoms with Gasteiger partial charge >= 0.3 is 0 Å². The molecule has 3 N–H and O–H groups in total. The lowest BCUT2D eigenvalue weighted by Crippen LogP contribution is -2.19. The molecule has 0 saturated heterocycles. The number of aromatic hydroxyl groups is 1. The van der Waals surface area contributed by atoms with Gasteiger partial charge in [-0.1, -0.05) is 18.2 Å². The fourth-order valence-corrected chi connectivity index (χ4v) is 2.34. The Hall–Kier alpha value is -2.82. The number of nitrogens with one attached hydrogen (secondary N) is 2. The van der Waals surface area contributed by atoms with Crippen molar-refractivity contribution in [2.75, 3.05) is 11.9 Å². The summed E-state index contributed by atoms with van der Waals surface area (Å²) < 4.78 is 0. The number of anilines is 1. The van der Waals surface area contributed by atoms with E-state index < -0.39 is 0 Å². The fourth-order valence-electron chi connectivity index (χ4n) is 2.34. The second-order valence-corrected chi connectivity index (χ2v) is 4.85. The number of phenols is 1. The van der Waals surface area contributed by atoms with Crippen molar-refractivity contribution in [1.29, 1.82) is 0 Å². The third-order valence-corrected chi connectivity index (χ3v) is 3.45. The van der Waals surface area contributed by atoms with Gasteiger partial charge in [-0.15, -0.1) is 0 Å². The molecule has 0 fully saturated rings. The molecule has 3 rings (SSSR count). The summed E-state index contributed by atoms with van der Waals surface area (Å²) in [6, 6.07) is 12.2. The molecule has 0 bridgehead atoms. The first kappa shape index (κ1) is 13.2. The Morgan fingerprint density at radius 3 is 2.57 bits per heavy atom. The molecule has 0 unspecified atom stereocenters. The highest BCUT2D eigenvalue weighted by molar-refractivity contribution is 6.21. The summed E-state index contributed by atoms with van der Waals surface area (Å²) in [4.78, 5) is 23.0. The van der Waals surface area contributed by atoms with Crippen LogP contribution < -0.4 is 10.6 Å². The molecule has 0 atom stereocenters. The highest BCUT2D eigenvalue weighted by Crippen LogP contribution is 2.21. The van der Waals surface area contributed by atoms with Crippen molar-refractivity contribution in [3.8, 4) is 5.75 Å². The molecule has 0 saturated carbocycles. The molecular weight excluding hydrogens is 268 g/mol. The summed E-state index contributed by atoms with van der Waals surface area (Å²) in [7, 11) is 0. The molecule has 0 spiro atoms. The summed E-state index contributed by atoms with van der Waals surface area (Å²) >= 11 is 0. The molecule has 0 aliphatic carbocycles. The van der Waals surface area contributed by atoms with Crippen molar-refractivity contribution in [2.24, 2.45) is 0 Å². The first-order chi connectivity index (χ1) is 10.1. The normalized spacial score (nSPS) is 13.0. The molecule has 5 heteroatoms. The number of benzene rings is 2. The zero-order valence-electron chi connectivity index (χ0n) is 11.2. The van der Waals surface area contributed by atoms with Gasteiger partial charge in [-0.2, -0.15) is 0 Å². The van der Waals surface area contributed by atoms with Crippen LogP contribution in [0.25, 0.3) is 0 Å². The van der Waals surface area contributed by atoms with E-state index in [0.717, 1.165) is 11.3 Å². The molecule has 21 heavy (non-hydrogen) atoms. The van der Waals surface area contributed by atoms with Gasteiger partial charge < -0.3 is 10.4 Å². The largest absolute Gasteiger partial charge is 0.508 e. The Kier molecular flexibility index (Phi) is 3.31. The van der Waals surface area contributed by atoms with E-state index in [-0.39, 0.29) is 17.6 Å². The maximum atomic E-state index is 11.6. The smallest absolute Gasteiger partial charge is 0.259 e. The summed E-state index contributed by atoms with van der Waals surface area (Å²) in [5.74, 6) is -0.437. The number of phenolic OH excluding ortho intramolecular Hbond substituents is 1. The number of carbonyl (C=O) groups is 2. The summed E-state index contributed by atoms with van der Waals surface area (Å²) in [6.45, 7) is 0.617. The van der Waals surface area contributed by atoms with Gasteiger partial charge in [0, 0.05) is 12.2 Å². The molecule has 2 amide bonds. The van der Waals surface area contributed by atoms with Crippen LogP contribution in [0.5, 0.6) is 5.75 Å². The number of carbonyl (C=O) groups excluding carboxylic acids is 2. The van der Waals surface area contributed by atoms with Crippen molar-refractivity contribution in [2.45, 2.75) is 6.42 Å². The molecule has 5 nitrogen and oxygen atoms in total. The Labute approximate surface area is 121 Å². The molecule has 0 aromatic heterocycles. The number of fused-ring (bicyclic) bond motifs is 1. The SMILES string of the molecule is O=C1NC(=O)c2cc(NCCc3ccccc3O)ccc21. The van der Waals surface area contributed by atoms with E-state index in [9.17, 15) is 14.7 Å². The minimum atomic E-state index is -0.362. The Balaban J connectivity index is 1.67. The molecule has 0 radical (unpaired) electrons. The maximum absolute atomic E-state index is 11.6. The van der Waals surface area contributed by atoms with Crippen molar-refractivity contribution < 1.29 is 14.7 Å². The summed E-state index contributed by atoms with van der Waals surface area (Å²) in [5, 5.41) is 15.1. The molecule has 2 aromatic rings. The highest BCUT2D eigenvalue weighted by Gasteiger charge is 2.26. The lowest BCUT2D eigenvalue weighted by molar-refractivity contribution is 0.0879. The zero-order valence-corrected chi connectivity index (χ0v) is 11.2. The minimum absolute atomic E-state index is 0.276. The number of hydrogen-bond acceptors (Lipinski definition) is 4. The van der Waals surface area contributed by atoms with Crippen LogP contribution in [0.3, 0.4) is 0 Å². The number of rotatable bonds is 4. The lowest BCUT2D eigenvalue weighted by Gasteiger charge is -2.08. The van der Waals surface area contributed by atoms with E-state index in [4.69, 9.17) is 0 Å². The van der Waals surface area contributed by atoms with E-state index in [1.807, 2.05) is 12.1 Å². The summed E-state index contributed by atoms with van der Waals surface area (Å²) in [6.07, 6.45) is 0.662. The third-order valence-electron chi connectivity index (χ3n) is 3.45. The van der Waals surface area contributed by atoms with E-state index in [0.29, 0.717) is 24.1 Å². The van der Waals surface area contributed by atoms with Crippen LogP contribution in [0.1, 0.15) is 26.3 Å². The minimum Gasteiger partial charge on any atom is -0.508 e. The van der Waals surface area contributed by atoms with Crippen molar-refractivity contribution in [3.05, 3.63) is 59.2 Å². The predicted octanol–water partition coefficient (Wildman–Crippen LogP) is 1.93. The standard InChI is InChI=1S/C16H14N2O3/c19-14-4-2-1-3-10(14)7-8-17-11-5-6-12-13(9-11)16(21)18-15(12)20/h1-6,9,17,19H,7-8H2,(H,18,20,21). The van der Waals surface area contributed by atoms with Gasteiger partial charge in [0.15, 0.2) is 0 Å². The molecule has 106 valence electrons. The van der Waals surface area contributed by atoms with Crippen LogP contribution in [0.2, 0.25) is 0 Å². The lowest BCUT2D eigenvalue weighted by atomic mass is 10.1.